The number of methoxy groups -OCH3 is 1. The van der Waals surface area contributed by atoms with Crippen molar-refractivity contribution >= 4 is 17.6 Å². The second-order valence-electron chi connectivity index (χ2n) is 7.21. The number of rotatable bonds is 7. The second-order valence-corrected chi connectivity index (χ2v) is 7.21. The lowest BCUT2D eigenvalue weighted by Gasteiger charge is -2.22. The quantitative estimate of drug-likeness (QED) is 0.445. The Morgan fingerprint density at radius 1 is 1.21 bits per heavy atom. The third-order valence-corrected chi connectivity index (χ3v) is 5.19. The van der Waals surface area contributed by atoms with E-state index in [-0.39, 0.29) is 5.91 Å². The van der Waals surface area contributed by atoms with Crippen LogP contribution in [-0.2, 0) is 17.8 Å². The van der Waals surface area contributed by atoms with E-state index < -0.39 is 0 Å². The van der Waals surface area contributed by atoms with E-state index in [9.17, 15) is 4.79 Å². The molecule has 0 fully saturated rings. The lowest BCUT2D eigenvalue weighted by atomic mass is 10.2. The van der Waals surface area contributed by atoms with Crippen molar-refractivity contribution in [3.05, 3.63) is 59.7 Å². The topological polar surface area (TPSA) is 57.2 Å². The Morgan fingerprint density at radius 2 is 1.97 bits per heavy atom. The van der Waals surface area contributed by atoms with Gasteiger partial charge in [-0.15, -0.1) is 0 Å². The van der Waals surface area contributed by atoms with Crippen molar-refractivity contribution < 1.29 is 9.53 Å². The zero-order valence-electron chi connectivity index (χ0n) is 17.5. The molecule has 2 aromatic rings. The maximum atomic E-state index is 12.6. The molecular weight excluding hydrogens is 364 g/mol. The Balaban J connectivity index is 1.43. The fourth-order valence-corrected chi connectivity index (χ4v) is 3.64. The van der Waals surface area contributed by atoms with Crippen LogP contribution in [0.4, 0.5) is 5.69 Å². The lowest BCUT2D eigenvalue weighted by Crippen LogP contribution is -2.39. The Kier molecular flexibility index (Phi) is 7.11. The van der Waals surface area contributed by atoms with Crippen molar-refractivity contribution in [3.8, 4) is 5.75 Å². The SMILES string of the molecule is CN=C(NCCCC(=O)N1CCc2ccccc21)N(C)Cc1ccc(OC)cc1. The highest BCUT2D eigenvalue weighted by Crippen LogP contribution is 2.27. The third-order valence-electron chi connectivity index (χ3n) is 5.19. The minimum Gasteiger partial charge on any atom is -0.497 e. The van der Waals surface area contributed by atoms with E-state index in [0.717, 1.165) is 43.3 Å². The van der Waals surface area contributed by atoms with E-state index in [1.807, 2.05) is 42.3 Å². The molecule has 1 aliphatic heterocycles. The van der Waals surface area contributed by atoms with Gasteiger partial charge in [-0.2, -0.15) is 0 Å². The number of nitrogens with zero attached hydrogens (tertiary/aromatic N) is 3. The number of ether oxygens (including phenoxy) is 1. The molecule has 0 radical (unpaired) electrons. The van der Waals surface area contributed by atoms with Gasteiger partial charge < -0.3 is 19.9 Å². The molecule has 1 amide bonds. The first-order valence-electron chi connectivity index (χ1n) is 10.1. The predicted octanol–water partition coefficient (Wildman–Crippen LogP) is 3.07. The molecule has 6 heteroatoms. The number of hydrogen-bond acceptors (Lipinski definition) is 3. The maximum Gasteiger partial charge on any atom is 0.227 e. The molecule has 0 saturated carbocycles. The lowest BCUT2D eigenvalue weighted by molar-refractivity contribution is -0.118. The fourth-order valence-electron chi connectivity index (χ4n) is 3.64. The van der Waals surface area contributed by atoms with Gasteiger partial charge in [-0.3, -0.25) is 9.79 Å². The summed E-state index contributed by atoms with van der Waals surface area (Å²) in [6.45, 7) is 2.24. The van der Waals surface area contributed by atoms with Gasteiger partial charge in [-0.25, -0.2) is 0 Å². The highest BCUT2D eigenvalue weighted by molar-refractivity contribution is 5.95. The molecule has 0 aromatic heterocycles. The summed E-state index contributed by atoms with van der Waals surface area (Å²) in [5.74, 6) is 1.86. The first-order chi connectivity index (χ1) is 14.1. The average Bonchev–Trinajstić information content (AvgIpc) is 3.18. The Hall–Kier alpha value is -3.02. The molecule has 2 aromatic carbocycles. The molecule has 1 N–H and O–H groups in total. The molecule has 154 valence electrons. The molecular formula is C23H30N4O2. The average molecular weight is 395 g/mol. The van der Waals surface area contributed by atoms with Gasteiger partial charge in [0.2, 0.25) is 5.91 Å². The van der Waals surface area contributed by atoms with Crippen LogP contribution >= 0.6 is 0 Å². The van der Waals surface area contributed by atoms with E-state index in [1.54, 1.807) is 14.2 Å². The zero-order chi connectivity index (χ0) is 20.6. The van der Waals surface area contributed by atoms with Crippen LogP contribution in [0.15, 0.2) is 53.5 Å². The molecule has 1 heterocycles. The van der Waals surface area contributed by atoms with Crippen LogP contribution in [0.1, 0.15) is 24.0 Å². The van der Waals surface area contributed by atoms with Crippen molar-refractivity contribution in [2.75, 3.05) is 39.2 Å². The number of fused-ring (bicyclic) bond motifs is 1. The van der Waals surface area contributed by atoms with Crippen molar-refractivity contribution in [1.29, 1.82) is 0 Å². The van der Waals surface area contributed by atoms with Crippen LogP contribution < -0.4 is 15.0 Å². The van der Waals surface area contributed by atoms with Crippen LogP contribution in [-0.4, -0.2) is 51.1 Å². The molecule has 0 aliphatic carbocycles. The van der Waals surface area contributed by atoms with Gasteiger partial charge in [-0.1, -0.05) is 30.3 Å². The Morgan fingerprint density at radius 3 is 2.69 bits per heavy atom. The standard InChI is InChI=1S/C23H30N4O2/c1-24-23(26(2)17-18-10-12-20(29-3)13-11-18)25-15-6-9-22(28)27-16-14-19-7-4-5-8-21(19)27/h4-5,7-8,10-13H,6,9,14-17H2,1-3H3,(H,24,25). The second kappa shape index (κ2) is 9.96. The molecule has 6 nitrogen and oxygen atoms in total. The number of anilines is 1. The summed E-state index contributed by atoms with van der Waals surface area (Å²) in [6.07, 6.45) is 2.25. The molecule has 0 spiro atoms. The summed E-state index contributed by atoms with van der Waals surface area (Å²) < 4.78 is 5.20. The van der Waals surface area contributed by atoms with E-state index in [4.69, 9.17) is 4.74 Å². The number of amides is 1. The summed E-state index contributed by atoms with van der Waals surface area (Å²) in [5, 5.41) is 3.36. The van der Waals surface area contributed by atoms with Crippen molar-refractivity contribution in [1.82, 2.24) is 10.2 Å². The molecule has 1 aliphatic rings. The summed E-state index contributed by atoms with van der Waals surface area (Å²) in [6, 6.07) is 16.2. The number of carbonyl (C=O) groups is 1. The van der Waals surface area contributed by atoms with Gasteiger partial charge in [0, 0.05) is 45.8 Å². The van der Waals surface area contributed by atoms with E-state index in [0.29, 0.717) is 13.0 Å². The van der Waals surface area contributed by atoms with Crippen LogP contribution in [0.25, 0.3) is 0 Å². The van der Waals surface area contributed by atoms with Crippen LogP contribution in [0.5, 0.6) is 5.75 Å². The molecule has 0 bridgehead atoms. The third kappa shape index (κ3) is 5.28. The van der Waals surface area contributed by atoms with E-state index in [2.05, 4.69) is 33.4 Å². The minimum absolute atomic E-state index is 0.193. The summed E-state index contributed by atoms with van der Waals surface area (Å²) in [7, 11) is 5.45. The number of para-hydroxylation sites is 1. The van der Waals surface area contributed by atoms with Gasteiger partial charge >= 0.3 is 0 Å². The summed E-state index contributed by atoms with van der Waals surface area (Å²) in [5.41, 5.74) is 3.51. The zero-order valence-corrected chi connectivity index (χ0v) is 17.5. The van der Waals surface area contributed by atoms with Crippen molar-refractivity contribution in [2.24, 2.45) is 4.99 Å². The molecule has 3 rings (SSSR count). The Labute approximate surface area is 173 Å². The van der Waals surface area contributed by atoms with Gasteiger partial charge in [0.1, 0.15) is 5.75 Å². The van der Waals surface area contributed by atoms with E-state index in [1.165, 1.54) is 11.1 Å². The number of guanidine groups is 1. The number of benzene rings is 2. The number of carbonyl (C=O) groups excluding carboxylic acids is 1. The van der Waals surface area contributed by atoms with E-state index >= 15 is 0 Å². The van der Waals surface area contributed by atoms with Crippen molar-refractivity contribution in [3.63, 3.8) is 0 Å². The molecule has 0 atom stereocenters. The Bertz CT molecular complexity index is 848. The summed E-state index contributed by atoms with van der Waals surface area (Å²) >= 11 is 0. The number of nitrogens with one attached hydrogen (secondary N) is 1. The smallest absolute Gasteiger partial charge is 0.227 e. The predicted molar refractivity (Wildman–Crippen MR) is 118 cm³/mol. The van der Waals surface area contributed by atoms with Crippen LogP contribution in [0, 0.1) is 0 Å². The van der Waals surface area contributed by atoms with Crippen LogP contribution in [0.2, 0.25) is 0 Å². The first kappa shape index (κ1) is 20.7. The molecule has 29 heavy (non-hydrogen) atoms. The fraction of sp³-hybridized carbons (Fsp3) is 0.391. The van der Waals surface area contributed by atoms with Crippen molar-refractivity contribution in [2.45, 2.75) is 25.8 Å². The van der Waals surface area contributed by atoms with Gasteiger partial charge in [-0.05, 0) is 42.2 Å². The highest BCUT2D eigenvalue weighted by Gasteiger charge is 2.23. The van der Waals surface area contributed by atoms with Gasteiger partial charge in [0.15, 0.2) is 5.96 Å². The minimum atomic E-state index is 0.193. The summed E-state index contributed by atoms with van der Waals surface area (Å²) in [4.78, 5) is 20.9. The first-order valence-corrected chi connectivity index (χ1v) is 10.1. The molecule has 0 saturated heterocycles. The normalized spacial score (nSPS) is 13.2. The highest BCUT2D eigenvalue weighted by atomic mass is 16.5. The number of aliphatic imine (C=N–C) groups is 1. The largest absolute Gasteiger partial charge is 0.497 e. The van der Waals surface area contributed by atoms with Crippen LogP contribution in [0.3, 0.4) is 0 Å². The molecule has 0 unspecified atom stereocenters. The van der Waals surface area contributed by atoms with Gasteiger partial charge in [0.05, 0.1) is 7.11 Å². The number of hydrogen-bond donors (Lipinski definition) is 1. The monoisotopic (exact) mass is 394 g/mol. The van der Waals surface area contributed by atoms with Gasteiger partial charge in [0.25, 0.3) is 0 Å². The maximum absolute atomic E-state index is 12.6.